The fourth-order valence-corrected chi connectivity index (χ4v) is 2.64. The Kier molecular flexibility index (Phi) is 1.29. The number of aldehydes is 1. The van der Waals surface area contributed by atoms with Crippen molar-refractivity contribution in [2.45, 2.75) is 25.7 Å². The molecule has 2 aliphatic rings. The van der Waals surface area contributed by atoms with Crippen LogP contribution in [-0.2, 0) is 4.79 Å². The molecule has 0 aromatic carbocycles. The normalized spacial score (nSPS) is 47.2. The summed E-state index contributed by atoms with van der Waals surface area (Å²) in [5.74, 6) is 0.732. The van der Waals surface area contributed by atoms with E-state index in [4.69, 9.17) is 5.26 Å². The number of fused-ring (bicyclic) bond motifs is 2. The van der Waals surface area contributed by atoms with E-state index in [2.05, 4.69) is 6.07 Å². The number of nitriles is 1. The van der Waals surface area contributed by atoms with Gasteiger partial charge < -0.3 is 4.79 Å². The summed E-state index contributed by atoms with van der Waals surface area (Å²) >= 11 is 0. The minimum Gasteiger partial charge on any atom is -0.303 e. The number of carbonyl (C=O) groups is 1. The van der Waals surface area contributed by atoms with Crippen molar-refractivity contribution in [1.82, 2.24) is 0 Å². The molecule has 0 aliphatic heterocycles. The Bertz CT molecular complexity index is 230. The lowest BCUT2D eigenvalue weighted by Gasteiger charge is -2.19. The molecule has 58 valence electrons. The zero-order chi connectivity index (χ0) is 7.90. The van der Waals surface area contributed by atoms with Crippen molar-refractivity contribution < 1.29 is 4.79 Å². The van der Waals surface area contributed by atoms with Gasteiger partial charge in [0.15, 0.2) is 0 Å². The van der Waals surface area contributed by atoms with Gasteiger partial charge in [-0.3, -0.25) is 0 Å². The van der Waals surface area contributed by atoms with Crippen LogP contribution in [0.4, 0.5) is 0 Å². The van der Waals surface area contributed by atoms with Crippen LogP contribution in [0, 0.1) is 28.6 Å². The maximum absolute atomic E-state index is 10.5. The first kappa shape index (κ1) is 6.84. The fraction of sp³-hybridized carbons (Fsp3) is 0.778. The zero-order valence-corrected chi connectivity index (χ0v) is 6.42. The quantitative estimate of drug-likeness (QED) is 0.530. The summed E-state index contributed by atoms with van der Waals surface area (Å²) in [4.78, 5) is 10.5. The highest BCUT2D eigenvalue weighted by Gasteiger charge is 2.50. The predicted molar refractivity (Wildman–Crippen MR) is 39.6 cm³/mol. The smallest absolute Gasteiger partial charge is 0.123 e. The predicted octanol–water partition coefficient (Wildman–Crippen LogP) is 1.52. The zero-order valence-electron chi connectivity index (χ0n) is 6.42. The molecule has 0 N–H and O–H groups in total. The minimum atomic E-state index is -0.101. The lowest BCUT2D eigenvalue weighted by molar-refractivity contribution is -0.112. The van der Waals surface area contributed by atoms with Crippen LogP contribution < -0.4 is 0 Å². The summed E-state index contributed by atoms with van der Waals surface area (Å²) in [5, 5.41) is 8.89. The van der Waals surface area contributed by atoms with Gasteiger partial charge in [-0.25, -0.2) is 0 Å². The molecule has 2 aliphatic carbocycles. The van der Waals surface area contributed by atoms with Crippen LogP contribution >= 0.6 is 0 Å². The average Bonchev–Trinajstić information content (AvgIpc) is 2.61. The number of rotatable bonds is 1. The first-order chi connectivity index (χ1) is 5.29. The molecule has 0 saturated heterocycles. The Hall–Kier alpha value is -0.840. The second-order valence-corrected chi connectivity index (χ2v) is 3.90. The summed E-state index contributed by atoms with van der Waals surface area (Å²) in [6, 6.07) is 2.37. The number of nitrogens with zero attached hydrogens (tertiary/aromatic N) is 1. The highest BCUT2D eigenvalue weighted by molar-refractivity contribution is 5.56. The molecule has 2 rings (SSSR count). The van der Waals surface area contributed by atoms with Gasteiger partial charge in [0.1, 0.15) is 6.29 Å². The molecule has 2 fully saturated rings. The Morgan fingerprint density at radius 3 is 2.82 bits per heavy atom. The molecule has 2 saturated carbocycles. The molecule has 2 nitrogen and oxygen atoms in total. The van der Waals surface area contributed by atoms with Gasteiger partial charge in [-0.15, -0.1) is 0 Å². The van der Waals surface area contributed by atoms with E-state index in [0.29, 0.717) is 5.92 Å². The van der Waals surface area contributed by atoms with Crippen LogP contribution in [0.25, 0.3) is 0 Å². The number of carbonyl (C=O) groups excluding carboxylic acids is 1. The number of hydrogen-bond acceptors (Lipinski definition) is 2. The van der Waals surface area contributed by atoms with Crippen molar-refractivity contribution in [3.05, 3.63) is 0 Å². The van der Waals surface area contributed by atoms with Gasteiger partial charge in [0.05, 0.1) is 11.5 Å². The summed E-state index contributed by atoms with van der Waals surface area (Å²) < 4.78 is 0. The standard InChI is InChI=1S/C9H11NO/c10-6-9-2-1-7(3-9)8(4-9)5-11/h5,7-8H,1-4H2. The van der Waals surface area contributed by atoms with Gasteiger partial charge in [-0.1, -0.05) is 0 Å². The fourth-order valence-electron chi connectivity index (χ4n) is 2.64. The first-order valence-electron chi connectivity index (χ1n) is 4.16. The highest BCUT2D eigenvalue weighted by atomic mass is 16.1. The monoisotopic (exact) mass is 149 g/mol. The van der Waals surface area contributed by atoms with Crippen LogP contribution in [0.15, 0.2) is 0 Å². The second-order valence-electron chi connectivity index (χ2n) is 3.90. The molecule has 0 spiro atoms. The van der Waals surface area contributed by atoms with Crippen LogP contribution in [0.5, 0.6) is 0 Å². The Balaban J connectivity index is 2.22. The summed E-state index contributed by atoms with van der Waals surface area (Å²) in [7, 11) is 0. The van der Waals surface area contributed by atoms with E-state index >= 15 is 0 Å². The molecule has 3 atom stereocenters. The van der Waals surface area contributed by atoms with E-state index in [1.165, 1.54) is 0 Å². The van der Waals surface area contributed by atoms with E-state index in [-0.39, 0.29) is 11.3 Å². The average molecular weight is 149 g/mol. The topological polar surface area (TPSA) is 40.9 Å². The van der Waals surface area contributed by atoms with Crippen molar-refractivity contribution in [3.63, 3.8) is 0 Å². The van der Waals surface area contributed by atoms with Crippen molar-refractivity contribution in [2.75, 3.05) is 0 Å². The molecule has 0 amide bonds. The van der Waals surface area contributed by atoms with E-state index in [9.17, 15) is 4.79 Å². The SMILES string of the molecule is N#CC12CCC(C1)C(C=O)C2. The molecule has 2 heteroatoms. The third-order valence-electron chi connectivity index (χ3n) is 3.29. The lowest BCUT2D eigenvalue weighted by atomic mass is 9.82. The van der Waals surface area contributed by atoms with Crippen molar-refractivity contribution in [2.24, 2.45) is 17.3 Å². The van der Waals surface area contributed by atoms with Crippen LogP contribution in [0.2, 0.25) is 0 Å². The Labute approximate surface area is 66.2 Å². The molecule has 0 radical (unpaired) electrons. The summed E-state index contributed by atoms with van der Waals surface area (Å²) in [5.41, 5.74) is -0.101. The molecule has 0 aromatic rings. The molecular formula is C9H11NO. The van der Waals surface area contributed by atoms with E-state index in [1.807, 2.05) is 0 Å². The van der Waals surface area contributed by atoms with Gasteiger partial charge in [-0.2, -0.15) is 5.26 Å². The second kappa shape index (κ2) is 2.07. The molecule has 2 bridgehead atoms. The Morgan fingerprint density at radius 2 is 2.36 bits per heavy atom. The van der Waals surface area contributed by atoms with Gasteiger partial charge in [0.2, 0.25) is 0 Å². The van der Waals surface area contributed by atoms with Crippen LogP contribution in [0.1, 0.15) is 25.7 Å². The molecular weight excluding hydrogens is 138 g/mol. The first-order valence-corrected chi connectivity index (χ1v) is 4.16. The molecule has 3 unspecified atom stereocenters. The van der Waals surface area contributed by atoms with Crippen LogP contribution in [0.3, 0.4) is 0 Å². The lowest BCUT2D eigenvalue weighted by Crippen LogP contribution is -2.17. The van der Waals surface area contributed by atoms with E-state index < -0.39 is 0 Å². The minimum absolute atomic E-state index is 0.101. The Morgan fingerprint density at radius 1 is 1.55 bits per heavy atom. The third kappa shape index (κ3) is 0.805. The highest BCUT2D eigenvalue weighted by Crippen LogP contribution is 2.55. The van der Waals surface area contributed by atoms with Crippen molar-refractivity contribution >= 4 is 6.29 Å². The van der Waals surface area contributed by atoms with E-state index in [1.54, 1.807) is 0 Å². The summed E-state index contributed by atoms with van der Waals surface area (Å²) in [6.45, 7) is 0. The third-order valence-corrected chi connectivity index (χ3v) is 3.29. The van der Waals surface area contributed by atoms with Gasteiger partial charge in [-0.05, 0) is 31.6 Å². The van der Waals surface area contributed by atoms with Gasteiger partial charge in [0.25, 0.3) is 0 Å². The maximum Gasteiger partial charge on any atom is 0.123 e. The number of hydrogen-bond donors (Lipinski definition) is 0. The van der Waals surface area contributed by atoms with Crippen molar-refractivity contribution in [1.29, 1.82) is 5.26 Å². The van der Waals surface area contributed by atoms with Gasteiger partial charge >= 0.3 is 0 Å². The maximum atomic E-state index is 10.5. The molecule has 11 heavy (non-hydrogen) atoms. The largest absolute Gasteiger partial charge is 0.303 e. The van der Waals surface area contributed by atoms with E-state index in [0.717, 1.165) is 32.0 Å². The molecule has 0 aromatic heterocycles. The van der Waals surface area contributed by atoms with Crippen LogP contribution in [-0.4, -0.2) is 6.29 Å². The van der Waals surface area contributed by atoms with Gasteiger partial charge in [0, 0.05) is 5.92 Å². The van der Waals surface area contributed by atoms with Crippen molar-refractivity contribution in [3.8, 4) is 6.07 Å². The molecule has 0 heterocycles. The summed E-state index contributed by atoms with van der Waals surface area (Å²) in [6.07, 6.45) is 4.98.